The Labute approximate surface area is 178 Å². The van der Waals surface area contributed by atoms with E-state index in [0.29, 0.717) is 48.8 Å². The van der Waals surface area contributed by atoms with Crippen LogP contribution in [-0.2, 0) is 10.0 Å². The summed E-state index contributed by atoms with van der Waals surface area (Å²) in [6.07, 6.45) is 0.132. The maximum atomic E-state index is 12.8. The van der Waals surface area contributed by atoms with Gasteiger partial charge in [-0.25, -0.2) is 17.8 Å². The molecule has 1 aliphatic rings. The van der Waals surface area contributed by atoms with E-state index in [2.05, 4.69) is 0 Å². The van der Waals surface area contributed by atoms with Gasteiger partial charge in [0.15, 0.2) is 5.58 Å². The molecule has 0 aliphatic carbocycles. The molecule has 0 bridgehead atoms. The smallest absolute Gasteiger partial charge is 0.407 e. The molecular weight excluding hydrogens is 430 g/mol. The lowest BCUT2D eigenvalue weighted by Crippen LogP contribution is -2.49. The summed E-state index contributed by atoms with van der Waals surface area (Å²) in [5.41, 5.74) is 0.822. The van der Waals surface area contributed by atoms with E-state index in [1.165, 1.54) is 16.4 Å². The van der Waals surface area contributed by atoms with Gasteiger partial charge in [-0.05, 0) is 36.4 Å². The van der Waals surface area contributed by atoms with Crippen LogP contribution in [0, 0.1) is 0 Å². The zero-order valence-corrected chi connectivity index (χ0v) is 17.6. The zero-order chi connectivity index (χ0) is 21.3. The first-order valence-corrected chi connectivity index (χ1v) is 11.3. The summed E-state index contributed by atoms with van der Waals surface area (Å²) in [5, 5.41) is 0.480. The molecule has 1 fully saturated rings. The average molecular weight is 450 g/mol. The topological polar surface area (TPSA) is 92.8 Å². The van der Waals surface area contributed by atoms with Crippen molar-refractivity contribution in [3.63, 3.8) is 0 Å². The van der Waals surface area contributed by atoms with Crippen LogP contribution in [0.1, 0.15) is 11.2 Å². The van der Waals surface area contributed by atoms with Gasteiger partial charge in [0.05, 0.1) is 10.4 Å². The van der Waals surface area contributed by atoms with Crippen molar-refractivity contribution in [3.05, 3.63) is 64.1 Å². The van der Waals surface area contributed by atoms with E-state index in [1.807, 2.05) is 4.90 Å². The molecule has 10 heteroatoms. The van der Waals surface area contributed by atoms with E-state index in [1.54, 1.807) is 36.4 Å². The minimum Gasteiger partial charge on any atom is -0.407 e. The SMILES string of the molecule is O=C(CCN1CCN(S(=O)(=O)c2ccc(Cl)cc2)CC1)n1c(=O)oc2ccccc21. The van der Waals surface area contributed by atoms with Crippen LogP contribution in [0.4, 0.5) is 0 Å². The second kappa shape index (κ2) is 8.35. The van der Waals surface area contributed by atoms with Crippen LogP contribution in [0.2, 0.25) is 5.02 Å². The molecule has 0 atom stereocenters. The first-order valence-electron chi connectivity index (χ1n) is 9.48. The average Bonchev–Trinajstić information content (AvgIpc) is 3.08. The number of piperazine rings is 1. The van der Waals surface area contributed by atoms with Crippen molar-refractivity contribution >= 4 is 38.6 Å². The Morgan fingerprint density at radius 1 is 1.00 bits per heavy atom. The molecule has 0 saturated carbocycles. The maximum Gasteiger partial charge on any atom is 0.426 e. The number of halogens is 1. The number of nitrogens with zero attached hydrogens (tertiary/aromatic N) is 3. The number of carbonyl (C=O) groups is 1. The van der Waals surface area contributed by atoms with Gasteiger partial charge >= 0.3 is 5.76 Å². The van der Waals surface area contributed by atoms with Crippen molar-refractivity contribution < 1.29 is 17.6 Å². The highest BCUT2D eigenvalue weighted by Gasteiger charge is 2.28. The molecule has 2 aromatic carbocycles. The van der Waals surface area contributed by atoms with Gasteiger partial charge in [-0.3, -0.25) is 4.79 Å². The molecule has 4 rings (SSSR count). The second-order valence-electron chi connectivity index (χ2n) is 7.01. The van der Waals surface area contributed by atoms with E-state index in [4.69, 9.17) is 16.0 Å². The minimum absolute atomic E-state index is 0.132. The van der Waals surface area contributed by atoms with Gasteiger partial charge in [0.1, 0.15) is 0 Å². The molecule has 1 saturated heterocycles. The molecule has 8 nitrogen and oxygen atoms in total. The predicted octanol–water partition coefficient (Wildman–Crippen LogP) is 2.28. The molecule has 0 unspecified atom stereocenters. The van der Waals surface area contributed by atoms with Gasteiger partial charge < -0.3 is 9.32 Å². The summed E-state index contributed by atoms with van der Waals surface area (Å²) in [6.45, 7) is 2.09. The molecule has 0 amide bonds. The van der Waals surface area contributed by atoms with Crippen molar-refractivity contribution in [2.75, 3.05) is 32.7 Å². The van der Waals surface area contributed by atoms with Gasteiger partial charge in [-0.2, -0.15) is 4.31 Å². The summed E-state index contributed by atoms with van der Waals surface area (Å²) >= 11 is 5.84. The summed E-state index contributed by atoms with van der Waals surface area (Å²) in [5.74, 6) is -1.04. The molecule has 30 heavy (non-hydrogen) atoms. The highest BCUT2D eigenvalue weighted by Crippen LogP contribution is 2.20. The Bertz CT molecular complexity index is 1230. The van der Waals surface area contributed by atoms with Crippen molar-refractivity contribution in [3.8, 4) is 0 Å². The second-order valence-corrected chi connectivity index (χ2v) is 9.39. The van der Waals surface area contributed by atoms with E-state index in [0.717, 1.165) is 4.57 Å². The van der Waals surface area contributed by atoms with Crippen LogP contribution in [0.15, 0.2) is 62.6 Å². The summed E-state index contributed by atoms with van der Waals surface area (Å²) < 4.78 is 33.1. The first kappa shape index (κ1) is 20.8. The third-order valence-corrected chi connectivity index (χ3v) is 7.32. The molecule has 0 radical (unpaired) electrons. The van der Waals surface area contributed by atoms with Crippen LogP contribution in [0.5, 0.6) is 0 Å². The molecular formula is C20H20ClN3O5S. The number of aromatic nitrogens is 1. The fourth-order valence-electron chi connectivity index (χ4n) is 3.52. The Balaban J connectivity index is 1.36. The Kier molecular flexibility index (Phi) is 5.79. The monoisotopic (exact) mass is 449 g/mol. The molecule has 1 aliphatic heterocycles. The largest absolute Gasteiger partial charge is 0.426 e. The van der Waals surface area contributed by atoms with Gasteiger partial charge in [0, 0.05) is 44.2 Å². The van der Waals surface area contributed by atoms with Gasteiger partial charge in [-0.1, -0.05) is 23.7 Å². The van der Waals surface area contributed by atoms with Crippen molar-refractivity contribution in [2.24, 2.45) is 0 Å². The number of benzene rings is 2. The number of rotatable bonds is 5. The number of oxazole rings is 1. The van der Waals surface area contributed by atoms with Crippen molar-refractivity contribution in [1.29, 1.82) is 0 Å². The Hall–Kier alpha value is -2.46. The van der Waals surface area contributed by atoms with Crippen LogP contribution < -0.4 is 5.76 Å². The lowest BCUT2D eigenvalue weighted by molar-refractivity contribution is 0.0868. The predicted molar refractivity (Wildman–Crippen MR) is 112 cm³/mol. The molecule has 0 N–H and O–H groups in total. The fraction of sp³-hybridized carbons (Fsp3) is 0.300. The third-order valence-electron chi connectivity index (χ3n) is 5.16. The van der Waals surface area contributed by atoms with E-state index < -0.39 is 15.8 Å². The standard InChI is InChI=1S/C20H20ClN3O5S/c21-15-5-7-16(8-6-15)30(27,28)23-13-11-22(12-14-23)10-9-19(25)24-17-3-1-2-4-18(17)29-20(24)26/h1-8H,9-14H2. The van der Waals surface area contributed by atoms with Crippen LogP contribution in [0.3, 0.4) is 0 Å². The minimum atomic E-state index is -3.58. The van der Waals surface area contributed by atoms with Crippen molar-refractivity contribution in [1.82, 2.24) is 13.8 Å². The number of fused-ring (bicyclic) bond motifs is 1. The number of sulfonamides is 1. The third kappa shape index (κ3) is 4.06. The summed E-state index contributed by atoms with van der Waals surface area (Å²) in [6, 6.07) is 12.9. The van der Waals surface area contributed by atoms with E-state index in [-0.39, 0.29) is 17.2 Å². The van der Waals surface area contributed by atoms with Gasteiger partial charge in [0.2, 0.25) is 15.9 Å². The molecule has 3 aromatic rings. The van der Waals surface area contributed by atoms with Gasteiger partial charge in [0.25, 0.3) is 0 Å². The summed E-state index contributed by atoms with van der Waals surface area (Å²) in [7, 11) is -3.58. The van der Waals surface area contributed by atoms with E-state index >= 15 is 0 Å². The maximum absolute atomic E-state index is 12.8. The number of carbonyl (C=O) groups excluding carboxylic acids is 1. The zero-order valence-electron chi connectivity index (χ0n) is 16.0. The lowest BCUT2D eigenvalue weighted by atomic mass is 10.3. The molecule has 2 heterocycles. The number of hydrogen-bond donors (Lipinski definition) is 0. The lowest BCUT2D eigenvalue weighted by Gasteiger charge is -2.33. The van der Waals surface area contributed by atoms with Gasteiger partial charge in [-0.15, -0.1) is 0 Å². The quantitative estimate of drug-likeness (QED) is 0.593. The highest BCUT2D eigenvalue weighted by atomic mass is 35.5. The molecule has 1 aromatic heterocycles. The Morgan fingerprint density at radius 2 is 1.67 bits per heavy atom. The highest BCUT2D eigenvalue weighted by molar-refractivity contribution is 7.89. The first-order chi connectivity index (χ1) is 14.4. The molecule has 158 valence electrons. The van der Waals surface area contributed by atoms with Crippen LogP contribution in [0.25, 0.3) is 11.1 Å². The van der Waals surface area contributed by atoms with Crippen molar-refractivity contribution in [2.45, 2.75) is 11.3 Å². The fourth-order valence-corrected chi connectivity index (χ4v) is 5.07. The Morgan fingerprint density at radius 3 is 2.37 bits per heavy atom. The molecule has 0 spiro atoms. The van der Waals surface area contributed by atoms with Crippen LogP contribution in [-0.4, -0.2) is 60.8 Å². The van der Waals surface area contributed by atoms with E-state index in [9.17, 15) is 18.0 Å². The summed E-state index contributed by atoms with van der Waals surface area (Å²) in [4.78, 5) is 26.8. The normalized spacial score (nSPS) is 16.2. The number of para-hydroxylation sites is 2. The van der Waals surface area contributed by atoms with Crippen LogP contribution >= 0.6 is 11.6 Å². The number of hydrogen-bond acceptors (Lipinski definition) is 6.